The van der Waals surface area contributed by atoms with E-state index in [2.05, 4.69) is 9.74 Å². The van der Waals surface area contributed by atoms with E-state index in [-0.39, 0.29) is 16.3 Å². The van der Waals surface area contributed by atoms with E-state index in [0.29, 0.717) is 34.2 Å². The fourth-order valence-corrected chi connectivity index (χ4v) is 6.25. The van der Waals surface area contributed by atoms with Gasteiger partial charge in [-0.1, -0.05) is 48.7 Å². The average molecular weight is 503 g/mol. The molecule has 3 aromatic rings. The molecule has 5 nitrogen and oxygen atoms in total. The van der Waals surface area contributed by atoms with E-state index in [1.807, 2.05) is 24.3 Å². The maximum absolute atomic E-state index is 14.7. The van der Waals surface area contributed by atoms with E-state index in [9.17, 15) is 9.18 Å². The van der Waals surface area contributed by atoms with Crippen LogP contribution in [-0.4, -0.2) is 22.6 Å². The summed E-state index contributed by atoms with van der Waals surface area (Å²) < 4.78 is 16.1. The van der Waals surface area contributed by atoms with Crippen molar-refractivity contribution in [2.45, 2.75) is 57.3 Å². The second kappa shape index (κ2) is 9.05. The monoisotopic (exact) mass is 502 g/mol. The SMILES string of the molecule is [C-]#[N+]c1ccc(-c2nc(N3CCC4(CCCC4)CC3)c(Cl)c(=O)n2-c2ccc(C3CC3)cc2)cc1F. The van der Waals surface area contributed by atoms with Gasteiger partial charge in [-0.25, -0.2) is 14.2 Å². The van der Waals surface area contributed by atoms with Gasteiger partial charge in [0, 0.05) is 18.7 Å². The summed E-state index contributed by atoms with van der Waals surface area (Å²) in [4.78, 5) is 24.0. The van der Waals surface area contributed by atoms with Crippen LogP contribution in [0.5, 0.6) is 0 Å². The van der Waals surface area contributed by atoms with Crippen molar-refractivity contribution in [2.24, 2.45) is 5.41 Å². The number of aromatic nitrogens is 2. The van der Waals surface area contributed by atoms with Crippen LogP contribution in [0.1, 0.15) is 62.8 Å². The molecule has 0 N–H and O–H groups in total. The summed E-state index contributed by atoms with van der Waals surface area (Å²) in [7, 11) is 0. The summed E-state index contributed by atoms with van der Waals surface area (Å²) in [6.07, 6.45) is 9.67. The van der Waals surface area contributed by atoms with Gasteiger partial charge in [0.15, 0.2) is 5.82 Å². The maximum atomic E-state index is 14.7. The van der Waals surface area contributed by atoms with Crippen LogP contribution in [0.25, 0.3) is 21.9 Å². The third kappa shape index (κ3) is 4.10. The van der Waals surface area contributed by atoms with Gasteiger partial charge in [0.25, 0.3) is 5.56 Å². The molecule has 2 aromatic carbocycles. The number of hydrogen-bond acceptors (Lipinski definition) is 3. The molecule has 6 rings (SSSR count). The van der Waals surface area contributed by atoms with Crippen LogP contribution in [-0.2, 0) is 0 Å². The lowest BCUT2D eigenvalue weighted by Crippen LogP contribution is -2.40. The van der Waals surface area contributed by atoms with E-state index in [1.165, 1.54) is 60.8 Å². The molecule has 2 aliphatic carbocycles. The van der Waals surface area contributed by atoms with Crippen molar-refractivity contribution in [3.05, 3.63) is 80.6 Å². The first-order valence-electron chi connectivity index (χ1n) is 12.8. The highest BCUT2D eigenvalue weighted by atomic mass is 35.5. The molecule has 184 valence electrons. The molecule has 36 heavy (non-hydrogen) atoms. The van der Waals surface area contributed by atoms with Crippen LogP contribution >= 0.6 is 11.6 Å². The number of piperidine rings is 1. The molecule has 3 aliphatic rings. The van der Waals surface area contributed by atoms with Gasteiger partial charge in [-0.3, -0.25) is 9.36 Å². The molecule has 1 aliphatic heterocycles. The molecule has 1 spiro atoms. The lowest BCUT2D eigenvalue weighted by Gasteiger charge is -2.40. The Kier molecular flexibility index (Phi) is 5.84. The van der Waals surface area contributed by atoms with Crippen LogP contribution in [0.15, 0.2) is 47.3 Å². The second-order valence-corrected chi connectivity index (χ2v) is 10.9. The van der Waals surface area contributed by atoms with Gasteiger partial charge in [0.2, 0.25) is 5.69 Å². The molecular weight excluding hydrogens is 475 g/mol. The van der Waals surface area contributed by atoms with Gasteiger partial charge in [-0.05, 0) is 73.6 Å². The molecule has 2 heterocycles. The Hall–Kier alpha value is -3.17. The van der Waals surface area contributed by atoms with Crippen LogP contribution in [0.4, 0.5) is 15.9 Å². The largest absolute Gasteiger partial charge is 0.355 e. The van der Waals surface area contributed by atoms with E-state index < -0.39 is 5.82 Å². The Bertz CT molecular complexity index is 1400. The summed E-state index contributed by atoms with van der Waals surface area (Å²) >= 11 is 6.71. The molecule has 0 amide bonds. The Morgan fingerprint density at radius 3 is 2.33 bits per heavy atom. The predicted octanol–water partition coefficient (Wildman–Crippen LogP) is 7.28. The lowest BCUT2D eigenvalue weighted by atomic mass is 9.77. The Labute approximate surface area is 215 Å². The van der Waals surface area contributed by atoms with Gasteiger partial charge in [-0.2, -0.15) is 0 Å². The van der Waals surface area contributed by atoms with E-state index in [4.69, 9.17) is 23.2 Å². The van der Waals surface area contributed by atoms with E-state index in [1.54, 1.807) is 6.07 Å². The zero-order valence-corrected chi connectivity index (χ0v) is 20.9. The van der Waals surface area contributed by atoms with Gasteiger partial charge in [-0.15, -0.1) is 0 Å². The first kappa shape index (κ1) is 23.2. The van der Waals surface area contributed by atoms with Crippen molar-refractivity contribution in [3.8, 4) is 17.1 Å². The maximum Gasteiger partial charge on any atom is 0.279 e. The standard InChI is InChI=1S/C29H28ClFN4O/c1-32-24-11-8-21(18-23(24)31)26-33-27(34-16-14-29(15-17-34)12-2-3-13-29)25(30)28(36)35(26)22-9-6-20(7-10-22)19-4-5-19/h6-11,18-19H,2-5,12-17H2. The number of nitrogens with zero attached hydrogens (tertiary/aromatic N) is 4. The molecule has 1 saturated heterocycles. The first-order valence-corrected chi connectivity index (χ1v) is 13.2. The Morgan fingerprint density at radius 2 is 1.72 bits per heavy atom. The zero-order valence-electron chi connectivity index (χ0n) is 20.1. The summed E-state index contributed by atoms with van der Waals surface area (Å²) in [5.74, 6) is 0.752. The molecule has 7 heteroatoms. The van der Waals surface area contributed by atoms with Crippen LogP contribution in [0.2, 0.25) is 5.02 Å². The number of hydrogen-bond donors (Lipinski definition) is 0. The van der Waals surface area contributed by atoms with Crippen molar-refractivity contribution in [2.75, 3.05) is 18.0 Å². The normalized spacial score (nSPS) is 19.0. The van der Waals surface area contributed by atoms with Crippen molar-refractivity contribution in [1.29, 1.82) is 0 Å². The minimum atomic E-state index is -0.634. The second-order valence-electron chi connectivity index (χ2n) is 10.6. The Balaban J connectivity index is 1.45. The summed E-state index contributed by atoms with van der Waals surface area (Å²) in [5, 5.41) is 0.0886. The quantitative estimate of drug-likeness (QED) is 0.352. The molecule has 0 bridgehead atoms. The van der Waals surface area contributed by atoms with Crippen molar-refractivity contribution in [3.63, 3.8) is 0 Å². The van der Waals surface area contributed by atoms with Gasteiger partial charge in [0.05, 0.1) is 12.3 Å². The number of anilines is 1. The van der Waals surface area contributed by atoms with Crippen LogP contribution in [0, 0.1) is 17.8 Å². The summed E-state index contributed by atoms with van der Waals surface area (Å²) in [6.45, 7) is 8.79. The predicted molar refractivity (Wildman–Crippen MR) is 141 cm³/mol. The summed E-state index contributed by atoms with van der Waals surface area (Å²) in [5.41, 5.74) is 2.32. The fourth-order valence-electron chi connectivity index (χ4n) is 6.00. The first-order chi connectivity index (χ1) is 17.5. The van der Waals surface area contributed by atoms with E-state index in [0.717, 1.165) is 25.9 Å². The van der Waals surface area contributed by atoms with Crippen molar-refractivity contribution >= 4 is 23.1 Å². The highest BCUT2D eigenvalue weighted by Gasteiger charge is 2.38. The molecule has 0 radical (unpaired) electrons. The fraction of sp³-hybridized carbons (Fsp3) is 0.414. The van der Waals surface area contributed by atoms with Gasteiger partial charge >= 0.3 is 0 Å². The molecule has 1 aromatic heterocycles. The molecule has 0 unspecified atom stereocenters. The number of halogens is 2. The van der Waals surface area contributed by atoms with Crippen molar-refractivity contribution in [1.82, 2.24) is 9.55 Å². The average Bonchev–Trinajstić information content (AvgIpc) is 3.66. The number of benzene rings is 2. The molecule has 2 saturated carbocycles. The topological polar surface area (TPSA) is 42.5 Å². The van der Waals surface area contributed by atoms with Gasteiger partial charge in [0.1, 0.15) is 16.7 Å². The lowest BCUT2D eigenvalue weighted by molar-refractivity contribution is 0.226. The molecule has 3 fully saturated rings. The highest BCUT2D eigenvalue weighted by Crippen LogP contribution is 2.47. The Morgan fingerprint density at radius 1 is 1.03 bits per heavy atom. The minimum absolute atomic E-state index is 0.0616. The van der Waals surface area contributed by atoms with Crippen molar-refractivity contribution < 1.29 is 4.39 Å². The minimum Gasteiger partial charge on any atom is -0.355 e. The van der Waals surface area contributed by atoms with Crippen LogP contribution in [0.3, 0.4) is 0 Å². The van der Waals surface area contributed by atoms with E-state index >= 15 is 0 Å². The third-order valence-electron chi connectivity index (χ3n) is 8.33. The van der Waals surface area contributed by atoms with Crippen LogP contribution < -0.4 is 10.5 Å². The van der Waals surface area contributed by atoms with Gasteiger partial charge < -0.3 is 4.90 Å². The summed E-state index contributed by atoms with van der Waals surface area (Å²) in [6, 6.07) is 12.3. The highest BCUT2D eigenvalue weighted by molar-refractivity contribution is 6.32. The smallest absolute Gasteiger partial charge is 0.279 e. The number of rotatable bonds is 4. The third-order valence-corrected chi connectivity index (χ3v) is 8.66. The molecule has 0 atom stereocenters. The zero-order chi connectivity index (χ0) is 24.9. The molecular formula is C29H28ClFN4O.